The van der Waals surface area contributed by atoms with Crippen molar-refractivity contribution in [2.24, 2.45) is 0 Å². The van der Waals surface area contributed by atoms with E-state index in [2.05, 4.69) is 5.32 Å². The zero-order chi connectivity index (χ0) is 19.2. The molecule has 1 N–H and O–H groups in total. The maximum Gasteiger partial charge on any atom is 0.307 e. The maximum atomic E-state index is 12.3. The van der Waals surface area contributed by atoms with E-state index in [9.17, 15) is 18.0 Å². The highest BCUT2D eigenvalue weighted by atomic mass is 32.2. The van der Waals surface area contributed by atoms with Gasteiger partial charge in [0, 0.05) is 6.42 Å². The van der Waals surface area contributed by atoms with Crippen molar-refractivity contribution >= 4 is 21.7 Å². The molecular weight excluding hydrogens is 354 g/mol. The first-order valence-corrected chi connectivity index (χ1v) is 10.7. The molecule has 0 aromatic heterocycles. The van der Waals surface area contributed by atoms with E-state index in [4.69, 9.17) is 4.74 Å². The van der Waals surface area contributed by atoms with Crippen LogP contribution < -0.4 is 5.32 Å². The second-order valence-corrected chi connectivity index (χ2v) is 9.24. The van der Waals surface area contributed by atoms with Crippen LogP contribution in [0.2, 0.25) is 0 Å². The molecule has 6 nitrogen and oxygen atoms in total. The van der Waals surface area contributed by atoms with Gasteiger partial charge in [-0.05, 0) is 25.3 Å². The van der Waals surface area contributed by atoms with Gasteiger partial charge in [0.05, 0.1) is 30.6 Å². The molecule has 26 heavy (non-hydrogen) atoms. The highest BCUT2D eigenvalue weighted by Crippen LogP contribution is 2.25. The van der Waals surface area contributed by atoms with Gasteiger partial charge < -0.3 is 10.1 Å². The number of nitrogens with one attached hydrogen (secondary N) is 1. The summed E-state index contributed by atoms with van der Waals surface area (Å²) in [5.74, 6) is -0.960. The van der Waals surface area contributed by atoms with Crippen LogP contribution in [0.4, 0.5) is 0 Å². The number of aryl methyl sites for hydroxylation is 1. The third-order valence-electron chi connectivity index (χ3n) is 4.84. The van der Waals surface area contributed by atoms with E-state index in [1.54, 1.807) is 0 Å². The number of hydrogen-bond donors (Lipinski definition) is 1. The molecule has 1 amide bonds. The number of benzene rings is 1. The average molecular weight is 381 g/mol. The Morgan fingerprint density at radius 2 is 1.81 bits per heavy atom. The molecule has 1 saturated carbocycles. The summed E-state index contributed by atoms with van der Waals surface area (Å²) in [7, 11) is -1.95. The van der Waals surface area contributed by atoms with Crippen molar-refractivity contribution in [3.63, 3.8) is 0 Å². The second-order valence-electron chi connectivity index (χ2n) is 6.83. The number of amides is 1. The summed E-state index contributed by atoms with van der Waals surface area (Å²) in [6.45, 7) is 1.95. The highest BCUT2D eigenvalue weighted by molar-refractivity contribution is 7.92. The van der Waals surface area contributed by atoms with Crippen molar-refractivity contribution in [1.29, 1.82) is 0 Å². The van der Waals surface area contributed by atoms with Gasteiger partial charge in [-0.3, -0.25) is 9.59 Å². The molecule has 0 bridgehead atoms. The number of methoxy groups -OCH3 is 1. The number of esters is 1. The highest BCUT2D eigenvalue weighted by Gasteiger charge is 2.29. The molecule has 0 aliphatic heterocycles. The van der Waals surface area contributed by atoms with E-state index in [1.807, 2.05) is 31.2 Å². The van der Waals surface area contributed by atoms with Gasteiger partial charge >= 0.3 is 5.97 Å². The lowest BCUT2D eigenvalue weighted by atomic mass is 10.0. The SMILES string of the molecule is COC(=O)CC(NC(=O)CCS(=O)(=O)C1CCCC1)c1ccc(C)cc1. The summed E-state index contributed by atoms with van der Waals surface area (Å²) in [6.07, 6.45) is 3.16. The Morgan fingerprint density at radius 3 is 2.38 bits per heavy atom. The minimum Gasteiger partial charge on any atom is -0.469 e. The van der Waals surface area contributed by atoms with Gasteiger partial charge in [0.15, 0.2) is 9.84 Å². The van der Waals surface area contributed by atoms with Crippen molar-refractivity contribution in [1.82, 2.24) is 5.32 Å². The van der Waals surface area contributed by atoms with Crippen molar-refractivity contribution in [2.45, 2.75) is 56.7 Å². The van der Waals surface area contributed by atoms with Crippen molar-refractivity contribution in [3.05, 3.63) is 35.4 Å². The van der Waals surface area contributed by atoms with Gasteiger partial charge in [0.25, 0.3) is 0 Å². The fourth-order valence-electron chi connectivity index (χ4n) is 3.22. The summed E-state index contributed by atoms with van der Waals surface area (Å²) in [4.78, 5) is 24.0. The number of rotatable bonds is 8. The van der Waals surface area contributed by atoms with Crippen LogP contribution in [0, 0.1) is 6.92 Å². The van der Waals surface area contributed by atoms with Gasteiger partial charge in [-0.15, -0.1) is 0 Å². The summed E-state index contributed by atoms with van der Waals surface area (Å²) in [5.41, 5.74) is 1.85. The summed E-state index contributed by atoms with van der Waals surface area (Å²) >= 11 is 0. The second kappa shape index (κ2) is 9.16. The zero-order valence-corrected chi connectivity index (χ0v) is 16.2. The third-order valence-corrected chi connectivity index (χ3v) is 7.10. The number of sulfone groups is 1. The van der Waals surface area contributed by atoms with Crippen molar-refractivity contribution in [2.75, 3.05) is 12.9 Å². The molecular formula is C19H27NO5S. The number of hydrogen-bond acceptors (Lipinski definition) is 5. The van der Waals surface area contributed by atoms with E-state index in [1.165, 1.54) is 7.11 Å². The van der Waals surface area contributed by atoms with Gasteiger partial charge in [-0.25, -0.2) is 8.42 Å². The monoisotopic (exact) mass is 381 g/mol. The quantitative estimate of drug-likeness (QED) is 0.699. The molecule has 0 spiro atoms. The molecule has 144 valence electrons. The van der Waals surface area contributed by atoms with Crippen LogP contribution in [0.5, 0.6) is 0 Å². The van der Waals surface area contributed by atoms with Crippen LogP contribution in [-0.2, 0) is 24.2 Å². The molecule has 1 aliphatic rings. The zero-order valence-electron chi connectivity index (χ0n) is 15.4. The Morgan fingerprint density at radius 1 is 1.19 bits per heavy atom. The molecule has 0 saturated heterocycles. The standard InChI is InChI=1S/C19H27NO5S/c1-14-7-9-15(10-8-14)17(13-19(22)25-2)20-18(21)11-12-26(23,24)16-5-3-4-6-16/h7-10,16-17H,3-6,11-13H2,1-2H3,(H,20,21). The van der Waals surface area contributed by atoms with Crippen LogP contribution in [0.3, 0.4) is 0 Å². The Balaban J connectivity index is 1.98. The Bertz CT molecular complexity index is 721. The Labute approximate surface area is 155 Å². The van der Waals surface area contributed by atoms with Crippen LogP contribution in [0.25, 0.3) is 0 Å². The molecule has 1 aromatic carbocycles. The van der Waals surface area contributed by atoms with E-state index in [0.29, 0.717) is 12.8 Å². The molecule has 1 unspecified atom stereocenters. The molecule has 7 heteroatoms. The van der Waals surface area contributed by atoms with Crippen LogP contribution in [-0.4, -0.2) is 38.4 Å². The fourth-order valence-corrected chi connectivity index (χ4v) is 5.07. The topological polar surface area (TPSA) is 89.5 Å². The first kappa shape index (κ1) is 20.4. The lowest BCUT2D eigenvalue weighted by Gasteiger charge is -2.19. The fraction of sp³-hybridized carbons (Fsp3) is 0.579. The van der Waals surface area contributed by atoms with Gasteiger partial charge in [-0.2, -0.15) is 0 Å². The third kappa shape index (κ3) is 5.83. The molecule has 1 atom stereocenters. The predicted molar refractivity (Wildman–Crippen MR) is 99.4 cm³/mol. The lowest BCUT2D eigenvalue weighted by molar-refractivity contribution is -0.141. The summed E-state index contributed by atoms with van der Waals surface area (Å²) in [6, 6.07) is 6.95. The molecule has 1 aromatic rings. The smallest absolute Gasteiger partial charge is 0.307 e. The minimum absolute atomic E-state index is 0.000671. The Kier molecular flexibility index (Phi) is 7.20. The van der Waals surface area contributed by atoms with E-state index < -0.39 is 21.8 Å². The van der Waals surface area contributed by atoms with Gasteiger partial charge in [-0.1, -0.05) is 42.7 Å². The molecule has 0 radical (unpaired) electrons. The molecule has 0 heterocycles. The number of carbonyl (C=O) groups is 2. The Hall–Kier alpha value is -1.89. The van der Waals surface area contributed by atoms with Crippen molar-refractivity contribution < 1.29 is 22.7 Å². The summed E-state index contributed by atoms with van der Waals surface area (Å²) in [5, 5.41) is 2.47. The van der Waals surface area contributed by atoms with E-state index >= 15 is 0 Å². The first-order valence-electron chi connectivity index (χ1n) is 8.96. The molecule has 1 fully saturated rings. The van der Waals surface area contributed by atoms with Crippen LogP contribution in [0.15, 0.2) is 24.3 Å². The van der Waals surface area contributed by atoms with Crippen LogP contribution >= 0.6 is 0 Å². The summed E-state index contributed by atoms with van der Waals surface area (Å²) < 4.78 is 29.3. The minimum atomic E-state index is -3.24. The largest absolute Gasteiger partial charge is 0.469 e. The van der Waals surface area contributed by atoms with Crippen molar-refractivity contribution in [3.8, 4) is 0 Å². The van der Waals surface area contributed by atoms with Crippen LogP contribution in [0.1, 0.15) is 55.7 Å². The number of carbonyl (C=O) groups excluding carboxylic acids is 2. The van der Waals surface area contributed by atoms with E-state index in [0.717, 1.165) is 24.0 Å². The average Bonchev–Trinajstić information content (AvgIpc) is 3.15. The lowest BCUT2D eigenvalue weighted by Crippen LogP contribution is -2.32. The van der Waals surface area contributed by atoms with E-state index in [-0.39, 0.29) is 29.8 Å². The predicted octanol–water partition coefficient (Wildman–Crippen LogP) is 2.46. The van der Waals surface area contributed by atoms with Gasteiger partial charge in [0.2, 0.25) is 5.91 Å². The van der Waals surface area contributed by atoms with Gasteiger partial charge in [0.1, 0.15) is 0 Å². The normalized spacial score (nSPS) is 16.2. The first-order chi connectivity index (χ1) is 12.3. The molecule has 2 rings (SSSR count). The number of ether oxygens (including phenoxy) is 1. The molecule has 1 aliphatic carbocycles. The maximum absolute atomic E-state index is 12.3.